The molecule has 0 aliphatic rings. The van der Waals surface area contributed by atoms with Crippen molar-refractivity contribution in [1.29, 1.82) is 0 Å². The van der Waals surface area contributed by atoms with Gasteiger partial charge in [0.25, 0.3) is 5.91 Å². The molecule has 29 heavy (non-hydrogen) atoms. The molecule has 0 aliphatic heterocycles. The first-order valence-corrected chi connectivity index (χ1v) is 9.49. The summed E-state index contributed by atoms with van der Waals surface area (Å²) in [6, 6.07) is 17.3. The van der Waals surface area contributed by atoms with E-state index >= 15 is 0 Å². The Morgan fingerprint density at radius 1 is 1.07 bits per heavy atom. The van der Waals surface area contributed by atoms with Crippen molar-refractivity contribution >= 4 is 41.0 Å². The van der Waals surface area contributed by atoms with Gasteiger partial charge in [0.1, 0.15) is 12.4 Å². The van der Waals surface area contributed by atoms with Crippen LogP contribution in [0.4, 0.5) is 5.69 Å². The average molecular weight is 429 g/mol. The van der Waals surface area contributed by atoms with Crippen molar-refractivity contribution in [3.05, 3.63) is 88.2 Å². The molecule has 0 atom stereocenters. The van der Waals surface area contributed by atoms with Gasteiger partial charge in [0, 0.05) is 29.7 Å². The lowest BCUT2D eigenvalue weighted by Gasteiger charge is -2.09. The van der Waals surface area contributed by atoms with E-state index in [2.05, 4.69) is 20.8 Å². The van der Waals surface area contributed by atoms with Gasteiger partial charge in [-0.05, 0) is 17.7 Å². The first-order valence-electron chi connectivity index (χ1n) is 8.73. The molecule has 148 valence electrons. The molecule has 0 saturated carbocycles. The van der Waals surface area contributed by atoms with Crippen LogP contribution in [-0.4, -0.2) is 23.7 Å². The van der Waals surface area contributed by atoms with Gasteiger partial charge >= 0.3 is 0 Å². The summed E-state index contributed by atoms with van der Waals surface area (Å²) in [6.45, 7) is 0.511. The molecule has 0 spiro atoms. The van der Waals surface area contributed by atoms with Crippen molar-refractivity contribution < 1.29 is 9.53 Å². The Morgan fingerprint density at radius 2 is 1.83 bits per heavy atom. The summed E-state index contributed by atoms with van der Waals surface area (Å²) in [5, 5.41) is 7.59. The van der Waals surface area contributed by atoms with Crippen LogP contribution in [0.3, 0.4) is 0 Å². The summed E-state index contributed by atoms with van der Waals surface area (Å²) in [5.41, 5.74) is 4.74. The molecule has 6 nitrogen and oxygen atoms in total. The van der Waals surface area contributed by atoms with Crippen molar-refractivity contribution in [2.75, 3.05) is 11.9 Å². The number of rotatable bonds is 8. The maximum absolute atomic E-state index is 12.0. The number of hydrazone groups is 1. The minimum absolute atomic E-state index is 0.0390. The largest absolute Gasteiger partial charge is 0.489 e. The van der Waals surface area contributed by atoms with Gasteiger partial charge in [-0.25, -0.2) is 5.43 Å². The highest BCUT2D eigenvalue weighted by atomic mass is 35.5. The standard InChI is InChI=1S/C21H18Cl2N4O2/c22-19-11-24-12-20(23)18(19)10-26-27-21(28)13-25-16-7-4-8-17(9-16)29-14-15-5-2-1-3-6-15/h1-12,25H,13-14H2,(H,27,28). The predicted octanol–water partition coefficient (Wildman–Crippen LogP) is 4.53. The summed E-state index contributed by atoms with van der Waals surface area (Å²) in [5.74, 6) is 0.386. The summed E-state index contributed by atoms with van der Waals surface area (Å²) in [7, 11) is 0. The van der Waals surface area contributed by atoms with Crippen LogP contribution in [0.2, 0.25) is 10.0 Å². The van der Waals surface area contributed by atoms with Crippen LogP contribution in [0, 0.1) is 0 Å². The predicted molar refractivity (Wildman–Crippen MR) is 116 cm³/mol. The SMILES string of the molecule is O=C(CNc1cccc(OCc2ccccc2)c1)NN=Cc1c(Cl)cncc1Cl. The molecule has 0 radical (unpaired) electrons. The first kappa shape index (κ1) is 20.6. The number of aromatic nitrogens is 1. The molecule has 2 N–H and O–H groups in total. The van der Waals surface area contributed by atoms with E-state index in [1.165, 1.54) is 18.6 Å². The van der Waals surface area contributed by atoms with E-state index in [4.69, 9.17) is 27.9 Å². The van der Waals surface area contributed by atoms with Crippen LogP contribution in [0.5, 0.6) is 5.75 Å². The summed E-state index contributed by atoms with van der Waals surface area (Å²) in [6.07, 6.45) is 4.28. The Morgan fingerprint density at radius 3 is 2.59 bits per heavy atom. The number of halogens is 2. The molecule has 0 fully saturated rings. The number of carbonyl (C=O) groups is 1. The zero-order valence-electron chi connectivity index (χ0n) is 15.3. The number of pyridine rings is 1. The number of carbonyl (C=O) groups excluding carboxylic acids is 1. The van der Waals surface area contributed by atoms with E-state index in [0.29, 0.717) is 28.0 Å². The van der Waals surface area contributed by atoms with Gasteiger partial charge in [-0.15, -0.1) is 0 Å². The van der Waals surface area contributed by atoms with E-state index < -0.39 is 0 Å². The van der Waals surface area contributed by atoms with Crippen molar-refractivity contribution in [2.24, 2.45) is 5.10 Å². The monoisotopic (exact) mass is 428 g/mol. The average Bonchev–Trinajstić information content (AvgIpc) is 2.74. The third-order valence-electron chi connectivity index (χ3n) is 3.81. The molecule has 1 aromatic heterocycles. The molecule has 2 aromatic carbocycles. The number of anilines is 1. The van der Waals surface area contributed by atoms with E-state index in [1.807, 2.05) is 54.6 Å². The summed E-state index contributed by atoms with van der Waals surface area (Å²) >= 11 is 12.0. The van der Waals surface area contributed by atoms with Crippen LogP contribution >= 0.6 is 23.2 Å². The van der Waals surface area contributed by atoms with E-state index in [0.717, 1.165) is 11.3 Å². The quantitative estimate of drug-likeness (QED) is 0.408. The molecular weight excluding hydrogens is 411 g/mol. The van der Waals surface area contributed by atoms with Crippen molar-refractivity contribution in [3.8, 4) is 5.75 Å². The fraction of sp³-hybridized carbons (Fsp3) is 0.0952. The Hall–Kier alpha value is -3.09. The number of hydrogen-bond donors (Lipinski definition) is 2. The molecule has 1 amide bonds. The zero-order chi connectivity index (χ0) is 20.5. The Balaban J connectivity index is 1.48. The Kier molecular flexibility index (Phi) is 7.44. The number of amides is 1. The number of nitrogens with zero attached hydrogens (tertiary/aromatic N) is 2. The van der Waals surface area contributed by atoms with Crippen LogP contribution < -0.4 is 15.5 Å². The number of benzene rings is 2. The highest BCUT2D eigenvalue weighted by molar-refractivity contribution is 6.38. The fourth-order valence-electron chi connectivity index (χ4n) is 2.37. The second-order valence-corrected chi connectivity index (χ2v) is 6.78. The van der Waals surface area contributed by atoms with Gasteiger partial charge in [-0.3, -0.25) is 9.78 Å². The fourth-order valence-corrected chi connectivity index (χ4v) is 2.83. The molecule has 0 unspecified atom stereocenters. The molecule has 0 saturated heterocycles. The van der Waals surface area contributed by atoms with Crippen LogP contribution in [0.25, 0.3) is 0 Å². The number of nitrogens with one attached hydrogen (secondary N) is 2. The highest BCUT2D eigenvalue weighted by Crippen LogP contribution is 2.20. The highest BCUT2D eigenvalue weighted by Gasteiger charge is 2.04. The Bertz CT molecular complexity index is 977. The van der Waals surface area contributed by atoms with Crippen LogP contribution in [0.1, 0.15) is 11.1 Å². The number of ether oxygens (including phenoxy) is 1. The van der Waals surface area contributed by atoms with Crippen molar-refractivity contribution in [1.82, 2.24) is 10.4 Å². The minimum atomic E-state index is -0.321. The molecule has 8 heteroatoms. The molecule has 1 heterocycles. The summed E-state index contributed by atoms with van der Waals surface area (Å²) in [4.78, 5) is 15.8. The van der Waals surface area contributed by atoms with E-state index in [-0.39, 0.29) is 12.5 Å². The van der Waals surface area contributed by atoms with Crippen LogP contribution in [-0.2, 0) is 11.4 Å². The smallest absolute Gasteiger partial charge is 0.259 e. The van der Waals surface area contributed by atoms with Gasteiger partial charge in [0.2, 0.25) is 0 Å². The lowest BCUT2D eigenvalue weighted by molar-refractivity contribution is -0.119. The maximum Gasteiger partial charge on any atom is 0.259 e. The second kappa shape index (κ2) is 10.5. The molecule has 0 aliphatic carbocycles. The van der Waals surface area contributed by atoms with E-state index in [1.54, 1.807) is 0 Å². The number of hydrogen-bond acceptors (Lipinski definition) is 5. The lowest BCUT2D eigenvalue weighted by atomic mass is 10.2. The molecule has 0 bridgehead atoms. The zero-order valence-corrected chi connectivity index (χ0v) is 16.8. The molecule has 3 rings (SSSR count). The van der Waals surface area contributed by atoms with Gasteiger partial charge in [0.05, 0.1) is 22.8 Å². The maximum atomic E-state index is 12.0. The van der Waals surface area contributed by atoms with Gasteiger partial charge in [-0.2, -0.15) is 5.10 Å². The van der Waals surface area contributed by atoms with Crippen molar-refractivity contribution in [3.63, 3.8) is 0 Å². The lowest BCUT2D eigenvalue weighted by Crippen LogP contribution is -2.25. The summed E-state index contributed by atoms with van der Waals surface area (Å²) < 4.78 is 5.78. The minimum Gasteiger partial charge on any atom is -0.489 e. The van der Waals surface area contributed by atoms with E-state index in [9.17, 15) is 4.79 Å². The molecule has 3 aromatic rings. The van der Waals surface area contributed by atoms with Gasteiger partial charge in [0.15, 0.2) is 0 Å². The van der Waals surface area contributed by atoms with Crippen molar-refractivity contribution in [2.45, 2.75) is 6.61 Å². The second-order valence-electron chi connectivity index (χ2n) is 5.97. The third-order valence-corrected chi connectivity index (χ3v) is 4.41. The molecular formula is C21H18Cl2N4O2. The van der Waals surface area contributed by atoms with Crippen LogP contribution in [0.15, 0.2) is 72.1 Å². The van der Waals surface area contributed by atoms with Gasteiger partial charge < -0.3 is 10.1 Å². The Labute approximate surface area is 178 Å². The van der Waals surface area contributed by atoms with Gasteiger partial charge in [-0.1, -0.05) is 59.6 Å². The topological polar surface area (TPSA) is 75.6 Å². The first-order chi connectivity index (χ1) is 14.1. The third kappa shape index (κ3) is 6.48. The normalized spacial score (nSPS) is 10.7.